The van der Waals surface area contributed by atoms with Gasteiger partial charge in [0.15, 0.2) is 0 Å². The Hall–Kier alpha value is -1.96. The molecule has 0 fully saturated rings. The standard InChI is InChI=1S/C20H19ClO6Se/c1-14-12-19(15-4-8-17(25-2)9-5-15)28(27-21(22,23)24)20(13-14)16-6-10-18(26-3)11-7-16/h4-13H,1-3H3. The van der Waals surface area contributed by atoms with E-state index in [1.54, 1.807) is 38.5 Å². The minimum absolute atomic E-state index is 0.679. The Balaban J connectivity index is 2.16. The molecular weight excluding hydrogens is 451 g/mol. The van der Waals surface area contributed by atoms with Crippen molar-refractivity contribution in [3.8, 4) is 11.5 Å². The van der Waals surface area contributed by atoms with Crippen LogP contribution in [0.5, 0.6) is 11.5 Å². The first kappa shape index (κ1) is 20.8. The van der Waals surface area contributed by atoms with Crippen LogP contribution in [0.25, 0.3) is 4.47 Å². The number of rotatable bonds is 6. The molecule has 8 heteroatoms. The van der Waals surface area contributed by atoms with Crippen LogP contribution in [0.2, 0.25) is 0 Å². The summed E-state index contributed by atoms with van der Waals surface area (Å²) in [5.41, 5.74) is 2.49. The minimum atomic E-state index is -4.58. The van der Waals surface area contributed by atoms with Crippen molar-refractivity contribution in [1.82, 2.24) is 0 Å². The molecule has 1 aliphatic rings. The number of halogens is 1. The van der Waals surface area contributed by atoms with Crippen molar-refractivity contribution in [1.29, 1.82) is 0 Å². The predicted octanol–water partition coefficient (Wildman–Crippen LogP) is 0.294. The van der Waals surface area contributed by atoms with Crippen LogP contribution in [0.4, 0.5) is 0 Å². The summed E-state index contributed by atoms with van der Waals surface area (Å²) in [6.45, 7) is 1.92. The molecular formula is C20H19ClO6Se. The molecule has 0 N–H and O–H groups in total. The van der Waals surface area contributed by atoms with Gasteiger partial charge in [0, 0.05) is 0 Å². The van der Waals surface area contributed by atoms with Gasteiger partial charge in [-0.05, 0) is 0 Å². The van der Waals surface area contributed by atoms with Crippen LogP contribution in [-0.4, -0.2) is 32.4 Å². The zero-order valence-corrected chi connectivity index (χ0v) is 18.0. The summed E-state index contributed by atoms with van der Waals surface area (Å²) in [6.07, 6.45) is 3.72. The molecule has 28 heavy (non-hydrogen) atoms. The molecule has 0 amide bonds. The molecule has 2 aromatic rings. The number of hydrogen-bond donors (Lipinski definition) is 0. The molecule has 1 atom stereocenters. The van der Waals surface area contributed by atoms with Crippen LogP contribution >= 0.6 is 0 Å². The molecule has 0 radical (unpaired) electrons. The van der Waals surface area contributed by atoms with Crippen LogP contribution < -0.4 is 23.5 Å². The summed E-state index contributed by atoms with van der Waals surface area (Å²) < 4.78 is 51.2. The van der Waals surface area contributed by atoms with Crippen molar-refractivity contribution in [2.75, 3.05) is 14.2 Å². The van der Waals surface area contributed by atoms with Crippen molar-refractivity contribution in [3.63, 3.8) is 0 Å². The van der Waals surface area contributed by atoms with E-state index in [0.29, 0.717) is 20.4 Å². The molecule has 0 saturated carbocycles. The van der Waals surface area contributed by atoms with Gasteiger partial charge >= 0.3 is 170 Å². The molecule has 0 bridgehead atoms. The third-order valence-corrected chi connectivity index (χ3v) is 9.21. The van der Waals surface area contributed by atoms with Gasteiger partial charge in [-0.15, -0.1) is 0 Å². The Kier molecular flexibility index (Phi) is 6.37. The van der Waals surface area contributed by atoms with Crippen LogP contribution in [0.15, 0.2) is 66.3 Å². The fourth-order valence-corrected chi connectivity index (χ4v) is 8.03. The zero-order valence-electron chi connectivity index (χ0n) is 15.5. The molecule has 2 aromatic carbocycles. The molecule has 0 aromatic heterocycles. The Morgan fingerprint density at radius 1 is 0.750 bits per heavy atom. The van der Waals surface area contributed by atoms with E-state index < -0.39 is 24.0 Å². The van der Waals surface area contributed by atoms with Crippen LogP contribution in [0.1, 0.15) is 18.1 Å². The van der Waals surface area contributed by atoms with Crippen LogP contribution in [0.3, 0.4) is 0 Å². The molecule has 0 saturated heterocycles. The number of hydrogen-bond acceptors (Lipinski definition) is 6. The summed E-state index contributed by atoms with van der Waals surface area (Å²) in [7, 11) is -1.44. The molecule has 0 spiro atoms. The summed E-state index contributed by atoms with van der Waals surface area (Å²) >= 11 is -2.64. The quantitative estimate of drug-likeness (QED) is 0.564. The Labute approximate surface area is 169 Å². The average molecular weight is 470 g/mol. The number of ether oxygens (including phenoxy) is 2. The van der Waals surface area contributed by atoms with Crippen molar-refractivity contribution in [2.45, 2.75) is 6.92 Å². The Bertz CT molecular complexity index is 940. The van der Waals surface area contributed by atoms with Gasteiger partial charge in [0.1, 0.15) is 0 Å². The second kappa shape index (κ2) is 8.59. The normalized spacial score (nSPS) is 17.1. The van der Waals surface area contributed by atoms with Crippen molar-refractivity contribution in [3.05, 3.63) is 77.4 Å². The number of allylic oxidation sites excluding steroid dienone is 3. The van der Waals surface area contributed by atoms with E-state index >= 15 is 0 Å². The Morgan fingerprint density at radius 2 is 1.25 bits per heavy atom. The first-order chi connectivity index (χ1) is 13.3. The zero-order chi connectivity index (χ0) is 20.3. The molecule has 6 nitrogen and oxygen atoms in total. The third-order valence-electron chi connectivity index (χ3n) is 4.01. The maximum absolute atomic E-state index is 11.5. The maximum atomic E-state index is 11.5. The fourth-order valence-electron chi connectivity index (χ4n) is 2.72. The first-order valence-electron chi connectivity index (χ1n) is 8.21. The molecule has 148 valence electrons. The second-order valence-corrected chi connectivity index (χ2v) is 10.6. The Morgan fingerprint density at radius 3 is 1.71 bits per heavy atom. The van der Waals surface area contributed by atoms with E-state index in [9.17, 15) is 14.0 Å². The van der Waals surface area contributed by atoms with Gasteiger partial charge in [0.2, 0.25) is 0 Å². The van der Waals surface area contributed by atoms with Crippen molar-refractivity contribution >= 4 is 22.7 Å². The van der Waals surface area contributed by atoms with Crippen LogP contribution in [0, 0.1) is 10.2 Å². The topological polar surface area (TPSA) is 96.9 Å². The van der Waals surface area contributed by atoms with Gasteiger partial charge in [0.05, 0.1) is 0 Å². The van der Waals surface area contributed by atoms with Gasteiger partial charge in [-0.2, -0.15) is 0 Å². The summed E-state index contributed by atoms with van der Waals surface area (Å²) in [6, 6.07) is 14.4. The van der Waals surface area contributed by atoms with Crippen molar-refractivity contribution < 1.29 is 37.1 Å². The van der Waals surface area contributed by atoms with Crippen molar-refractivity contribution in [2.24, 2.45) is 0 Å². The summed E-state index contributed by atoms with van der Waals surface area (Å²) in [4.78, 5) is 0. The summed E-state index contributed by atoms with van der Waals surface area (Å²) in [5.74, 6) is 1.36. The van der Waals surface area contributed by atoms with E-state index in [0.717, 1.165) is 16.7 Å². The molecule has 0 aliphatic carbocycles. The fraction of sp³-hybridized carbons (Fsp3) is 0.150. The molecule has 1 unspecified atom stereocenters. The van der Waals surface area contributed by atoms with E-state index in [4.69, 9.17) is 12.8 Å². The monoisotopic (exact) mass is 470 g/mol. The van der Waals surface area contributed by atoms with Gasteiger partial charge in [0.25, 0.3) is 0 Å². The second-order valence-electron chi connectivity index (χ2n) is 5.93. The predicted molar refractivity (Wildman–Crippen MR) is 98.7 cm³/mol. The molecule has 3 rings (SSSR count). The van der Waals surface area contributed by atoms with Crippen LogP contribution in [-0.2, 0) is 3.37 Å². The van der Waals surface area contributed by atoms with E-state index in [1.165, 1.54) is 0 Å². The average Bonchev–Trinajstić information content (AvgIpc) is 2.68. The van der Waals surface area contributed by atoms with Gasteiger partial charge in [-0.25, -0.2) is 0 Å². The van der Waals surface area contributed by atoms with Gasteiger partial charge in [-0.3, -0.25) is 0 Å². The van der Waals surface area contributed by atoms with Gasteiger partial charge in [-0.1, -0.05) is 0 Å². The van der Waals surface area contributed by atoms with Gasteiger partial charge < -0.3 is 0 Å². The molecule has 1 heterocycles. The van der Waals surface area contributed by atoms with E-state index in [2.05, 4.69) is 0 Å². The summed E-state index contributed by atoms with van der Waals surface area (Å²) in [5, 5.41) is 0. The SMILES string of the molecule is COc1ccc(C2=CC(C)=CC(c3ccc(OC)cc3)=[Se]2O[Cl+3]([O-])([O-])[O-])cc1. The number of methoxy groups -OCH3 is 2. The first-order valence-corrected chi connectivity index (χ1v) is 11.9. The van der Waals surface area contributed by atoms with E-state index in [-0.39, 0.29) is 0 Å². The number of benzene rings is 2. The van der Waals surface area contributed by atoms with E-state index in [1.807, 2.05) is 43.3 Å². The third kappa shape index (κ3) is 4.90. The molecule has 1 aliphatic heterocycles.